The van der Waals surface area contributed by atoms with Crippen molar-refractivity contribution in [2.24, 2.45) is 0 Å². The van der Waals surface area contributed by atoms with Crippen LogP contribution in [0.15, 0.2) is 18.3 Å². The first-order valence-electron chi connectivity index (χ1n) is 3.65. The van der Waals surface area contributed by atoms with Gasteiger partial charge in [0.15, 0.2) is 0 Å². The molecule has 0 atom stereocenters. The fraction of sp³-hybridized carbons (Fsp3) is 0.250. The second-order valence-corrected chi connectivity index (χ2v) is 2.39. The molecule has 1 amide bonds. The third-order valence-corrected chi connectivity index (χ3v) is 1.55. The molecule has 5 heteroatoms. The van der Waals surface area contributed by atoms with Gasteiger partial charge in [-0.1, -0.05) is 0 Å². The van der Waals surface area contributed by atoms with Crippen molar-refractivity contribution in [1.82, 2.24) is 4.98 Å². The van der Waals surface area contributed by atoms with E-state index >= 15 is 0 Å². The summed E-state index contributed by atoms with van der Waals surface area (Å²) in [5.74, 6) is 0. The topological polar surface area (TPSA) is 62.7 Å². The van der Waals surface area contributed by atoms with Crippen LogP contribution in [0.2, 0.25) is 0 Å². The average molecular weight is 182 g/mol. The Labute approximate surface area is 75.5 Å². The van der Waals surface area contributed by atoms with E-state index in [2.05, 4.69) is 9.72 Å². The first-order chi connectivity index (χ1) is 6.16. The number of rotatable bonds is 1. The number of methoxy groups -OCH3 is 1. The van der Waals surface area contributed by atoms with Gasteiger partial charge in [0.1, 0.15) is 0 Å². The molecule has 0 aliphatic carbocycles. The van der Waals surface area contributed by atoms with Crippen molar-refractivity contribution < 1.29 is 14.7 Å². The molecule has 0 spiro atoms. The molecule has 0 unspecified atom stereocenters. The Bertz CT molecular complexity index is 314. The number of hydrogen-bond donors (Lipinski definition) is 1. The molecule has 1 rings (SSSR count). The summed E-state index contributed by atoms with van der Waals surface area (Å²) in [6.07, 6.45) is 0.736. The standard InChI is InChI=1S/C8H10N2O3/c1-6-7(4-3-5-9-6)10(12)8(11)13-2/h3-5,12H,1-2H3. The molecule has 0 bridgehead atoms. The van der Waals surface area contributed by atoms with Crippen molar-refractivity contribution >= 4 is 11.8 Å². The fourth-order valence-electron chi connectivity index (χ4n) is 0.884. The lowest BCUT2D eigenvalue weighted by Crippen LogP contribution is -2.27. The molecule has 0 saturated heterocycles. The summed E-state index contributed by atoms with van der Waals surface area (Å²) in [5, 5.41) is 9.71. The molecule has 0 aromatic carbocycles. The Balaban J connectivity index is 2.95. The third kappa shape index (κ3) is 1.94. The zero-order valence-electron chi connectivity index (χ0n) is 7.39. The monoisotopic (exact) mass is 182 g/mol. The van der Waals surface area contributed by atoms with Crippen LogP contribution in [0.4, 0.5) is 10.5 Å². The van der Waals surface area contributed by atoms with E-state index in [0.717, 1.165) is 0 Å². The van der Waals surface area contributed by atoms with Gasteiger partial charge in [-0.05, 0) is 19.1 Å². The molecule has 0 fully saturated rings. The van der Waals surface area contributed by atoms with Crippen LogP contribution in [-0.4, -0.2) is 23.4 Å². The van der Waals surface area contributed by atoms with Gasteiger partial charge in [-0.15, -0.1) is 0 Å². The molecular weight excluding hydrogens is 172 g/mol. The highest BCUT2D eigenvalue weighted by molar-refractivity contribution is 5.85. The van der Waals surface area contributed by atoms with Gasteiger partial charge in [0.05, 0.1) is 18.5 Å². The number of amides is 1. The van der Waals surface area contributed by atoms with Crippen LogP contribution in [0, 0.1) is 6.92 Å². The summed E-state index contributed by atoms with van der Waals surface area (Å²) in [5.41, 5.74) is 0.866. The molecule has 0 aliphatic heterocycles. The minimum absolute atomic E-state index is 0.314. The minimum Gasteiger partial charge on any atom is -0.451 e. The lowest BCUT2D eigenvalue weighted by atomic mass is 10.3. The van der Waals surface area contributed by atoms with Gasteiger partial charge in [0.25, 0.3) is 0 Å². The van der Waals surface area contributed by atoms with Gasteiger partial charge in [0.2, 0.25) is 0 Å². The zero-order valence-corrected chi connectivity index (χ0v) is 7.39. The highest BCUT2D eigenvalue weighted by atomic mass is 16.6. The highest BCUT2D eigenvalue weighted by Crippen LogP contribution is 2.15. The van der Waals surface area contributed by atoms with Crippen molar-refractivity contribution in [3.05, 3.63) is 24.0 Å². The molecule has 1 aromatic rings. The number of hydroxylamine groups is 1. The number of aryl methyl sites for hydroxylation is 1. The van der Waals surface area contributed by atoms with Gasteiger partial charge in [-0.3, -0.25) is 10.2 Å². The number of aromatic nitrogens is 1. The quantitative estimate of drug-likeness (QED) is 0.526. The number of anilines is 1. The lowest BCUT2D eigenvalue weighted by Gasteiger charge is -2.14. The maximum absolute atomic E-state index is 10.9. The van der Waals surface area contributed by atoms with Crippen LogP contribution in [0.1, 0.15) is 5.69 Å². The zero-order chi connectivity index (χ0) is 9.84. The van der Waals surface area contributed by atoms with Crippen LogP contribution >= 0.6 is 0 Å². The summed E-state index contributed by atoms with van der Waals surface area (Å²) < 4.78 is 4.33. The van der Waals surface area contributed by atoms with E-state index in [1.807, 2.05) is 0 Å². The lowest BCUT2D eigenvalue weighted by molar-refractivity contribution is 0.140. The summed E-state index contributed by atoms with van der Waals surface area (Å²) in [6, 6.07) is 3.19. The summed E-state index contributed by atoms with van der Waals surface area (Å²) in [6.45, 7) is 1.68. The Morgan fingerprint density at radius 1 is 1.69 bits per heavy atom. The van der Waals surface area contributed by atoms with Crippen LogP contribution in [0.25, 0.3) is 0 Å². The Kier molecular flexibility index (Phi) is 2.81. The van der Waals surface area contributed by atoms with Crippen molar-refractivity contribution in [3.63, 3.8) is 0 Å². The van der Waals surface area contributed by atoms with Gasteiger partial charge in [0, 0.05) is 6.20 Å². The number of hydrogen-bond acceptors (Lipinski definition) is 4. The average Bonchev–Trinajstić information content (AvgIpc) is 2.16. The van der Waals surface area contributed by atoms with E-state index < -0.39 is 6.09 Å². The number of carbonyl (C=O) groups is 1. The normalized spacial score (nSPS) is 9.46. The molecular formula is C8H10N2O3. The van der Waals surface area contributed by atoms with Crippen LogP contribution in [0.3, 0.4) is 0 Å². The Hall–Kier alpha value is -1.62. The molecule has 13 heavy (non-hydrogen) atoms. The molecule has 0 saturated carbocycles. The van der Waals surface area contributed by atoms with Crippen molar-refractivity contribution in [1.29, 1.82) is 0 Å². The SMILES string of the molecule is COC(=O)N(O)c1cccnc1C. The maximum atomic E-state index is 10.9. The minimum atomic E-state index is -0.837. The highest BCUT2D eigenvalue weighted by Gasteiger charge is 2.15. The molecule has 70 valence electrons. The number of nitrogens with zero attached hydrogens (tertiary/aromatic N) is 2. The summed E-state index contributed by atoms with van der Waals surface area (Å²) >= 11 is 0. The maximum Gasteiger partial charge on any atom is 0.438 e. The smallest absolute Gasteiger partial charge is 0.438 e. The van der Waals surface area contributed by atoms with E-state index in [0.29, 0.717) is 16.4 Å². The van der Waals surface area contributed by atoms with E-state index in [9.17, 15) is 10.0 Å². The fourth-order valence-corrected chi connectivity index (χ4v) is 0.884. The van der Waals surface area contributed by atoms with Gasteiger partial charge in [-0.25, -0.2) is 4.79 Å². The van der Waals surface area contributed by atoms with E-state index in [-0.39, 0.29) is 0 Å². The largest absolute Gasteiger partial charge is 0.451 e. The van der Waals surface area contributed by atoms with Crippen molar-refractivity contribution in [2.75, 3.05) is 12.2 Å². The second kappa shape index (κ2) is 3.86. The third-order valence-electron chi connectivity index (χ3n) is 1.55. The number of carbonyl (C=O) groups excluding carboxylic acids is 1. The van der Waals surface area contributed by atoms with Gasteiger partial charge >= 0.3 is 6.09 Å². The van der Waals surface area contributed by atoms with E-state index in [1.54, 1.807) is 25.3 Å². The number of pyridine rings is 1. The molecule has 0 radical (unpaired) electrons. The van der Waals surface area contributed by atoms with Crippen LogP contribution in [-0.2, 0) is 4.74 Å². The van der Waals surface area contributed by atoms with Crippen LogP contribution in [0.5, 0.6) is 0 Å². The van der Waals surface area contributed by atoms with Crippen molar-refractivity contribution in [3.8, 4) is 0 Å². The first-order valence-corrected chi connectivity index (χ1v) is 3.65. The van der Waals surface area contributed by atoms with E-state index in [1.165, 1.54) is 7.11 Å². The Morgan fingerprint density at radius 2 is 2.38 bits per heavy atom. The second-order valence-electron chi connectivity index (χ2n) is 2.39. The molecule has 1 N–H and O–H groups in total. The number of ether oxygens (including phenoxy) is 1. The van der Waals surface area contributed by atoms with Gasteiger partial charge < -0.3 is 4.74 Å². The predicted octanol–water partition coefficient (Wildman–Crippen LogP) is 1.35. The molecule has 0 aliphatic rings. The van der Waals surface area contributed by atoms with Crippen molar-refractivity contribution in [2.45, 2.75) is 6.92 Å². The van der Waals surface area contributed by atoms with E-state index in [4.69, 9.17) is 0 Å². The van der Waals surface area contributed by atoms with Gasteiger partial charge in [-0.2, -0.15) is 5.06 Å². The molecule has 5 nitrogen and oxygen atoms in total. The first kappa shape index (κ1) is 9.47. The summed E-state index contributed by atoms with van der Waals surface area (Å²) in [7, 11) is 1.19. The Morgan fingerprint density at radius 3 is 2.92 bits per heavy atom. The molecule has 1 heterocycles. The molecule has 1 aromatic heterocycles. The summed E-state index contributed by atoms with van der Waals surface area (Å²) in [4.78, 5) is 14.8. The van der Waals surface area contributed by atoms with Crippen LogP contribution < -0.4 is 5.06 Å². The predicted molar refractivity (Wildman–Crippen MR) is 45.6 cm³/mol.